The molecule has 0 aliphatic heterocycles. The number of aliphatic hydroxyl groups excluding tert-OH is 1. The Morgan fingerprint density at radius 3 is 2.40 bits per heavy atom. The van der Waals surface area contributed by atoms with Gasteiger partial charge in [0, 0.05) is 0 Å². The minimum atomic E-state index is -4.65. The van der Waals surface area contributed by atoms with Crippen molar-refractivity contribution in [2.45, 2.75) is 44.1 Å². The van der Waals surface area contributed by atoms with E-state index in [2.05, 4.69) is 5.18 Å². The molecule has 1 N–H and O–H groups in total. The van der Waals surface area contributed by atoms with E-state index >= 15 is 0 Å². The molecule has 1 aromatic carbocycles. The van der Waals surface area contributed by atoms with Crippen LogP contribution in [0.4, 0.5) is 18.9 Å². The van der Waals surface area contributed by atoms with Gasteiger partial charge in [-0.1, -0.05) is 0 Å². The molecule has 0 radical (unpaired) electrons. The number of rotatable bonds is 3. The lowest BCUT2D eigenvalue weighted by atomic mass is 9.95. The molecule has 1 aliphatic rings. The first-order valence-electron chi connectivity index (χ1n) is 6.29. The molecule has 1 aliphatic carbocycles. The lowest BCUT2D eigenvalue weighted by molar-refractivity contribution is -0.137. The average Bonchev–Trinajstić information content (AvgIpc) is 2.40. The number of nitroso groups, excluding NO2 is 1. The SMILES string of the molecule is O=Nc1ccc(OC2CCC(O)CC2)cc1C(F)(F)F. The van der Waals surface area contributed by atoms with E-state index in [1.165, 1.54) is 6.07 Å². The second-order valence-corrected chi connectivity index (χ2v) is 4.82. The van der Waals surface area contributed by atoms with E-state index in [4.69, 9.17) is 4.74 Å². The van der Waals surface area contributed by atoms with E-state index in [9.17, 15) is 23.2 Å². The number of nitrogens with zero attached hydrogens (tertiary/aromatic N) is 1. The van der Waals surface area contributed by atoms with Crippen molar-refractivity contribution in [2.75, 3.05) is 0 Å². The quantitative estimate of drug-likeness (QED) is 0.861. The van der Waals surface area contributed by atoms with E-state index in [1.54, 1.807) is 0 Å². The molecule has 4 nitrogen and oxygen atoms in total. The fourth-order valence-electron chi connectivity index (χ4n) is 2.25. The molecule has 20 heavy (non-hydrogen) atoms. The maximum atomic E-state index is 12.8. The van der Waals surface area contributed by atoms with Gasteiger partial charge in [0.25, 0.3) is 0 Å². The van der Waals surface area contributed by atoms with Crippen LogP contribution in [0.15, 0.2) is 23.4 Å². The number of alkyl halides is 3. The standard InChI is InChI=1S/C13H14F3NO3/c14-13(15,16)11-7-10(5-6-12(11)17-19)20-9-3-1-8(18)2-4-9/h5-9,18H,1-4H2. The normalized spacial score (nSPS) is 23.4. The summed E-state index contributed by atoms with van der Waals surface area (Å²) in [6.07, 6.45) is -2.88. The van der Waals surface area contributed by atoms with Crippen molar-refractivity contribution in [2.24, 2.45) is 5.18 Å². The van der Waals surface area contributed by atoms with Crippen LogP contribution in [0, 0.1) is 4.91 Å². The van der Waals surface area contributed by atoms with E-state index in [0.29, 0.717) is 25.7 Å². The van der Waals surface area contributed by atoms with Crippen LogP contribution in [0.1, 0.15) is 31.2 Å². The number of ether oxygens (including phenoxy) is 1. The van der Waals surface area contributed by atoms with Crippen molar-refractivity contribution in [3.63, 3.8) is 0 Å². The van der Waals surface area contributed by atoms with E-state index in [-0.39, 0.29) is 18.0 Å². The lowest BCUT2D eigenvalue weighted by Crippen LogP contribution is -2.26. The highest BCUT2D eigenvalue weighted by molar-refractivity contribution is 5.51. The van der Waals surface area contributed by atoms with Gasteiger partial charge >= 0.3 is 6.18 Å². The molecule has 1 saturated carbocycles. The summed E-state index contributed by atoms with van der Waals surface area (Å²) in [6, 6.07) is 3.10. The molecule has 0 amide bonds. The first kappa shape index (κ1) is 14.8. The predicted molar refractivity (Wildman–Crippen MR) is 65.8 cm³/mol. The molecule has 0 heterocycles. The summed E-state index contributed by atoms with van der Waals surface area (Å²) in [5.74, 6) is 0.0612. The van der Waals surface area contributed by atoms with Crippen LogP contribution < -0.4 is 4.74 Å². The van der Waals surface area contributed by atoms with Gasteiger partial charge < -0.3 is 9.84 Å². The van der Waals surface area contributed by atoms with Gasteiger partial charge in [-0.15, -0.1) is 4.91 Å². The first-order chi connectivity index (χ1) is 9.40. The van der Waals surface area contributed by atoms with Gasteiger partial charge in [0.1, 0.15) is 11.4 Å². The highest BCUT2D eigenvalue weighted by atomic mass is 19.4. The zero-order valence-corrected chi connectivity index (χ0v) is 10.6. The first-order valence-corrected chi connectivity index (χ1v) is 6.29. The molecular formula is C13H14F3NO3. The van der Waals surface area contributed by atoms with Gasteiger partial charge in [-0.3, -0.25) is 0 Å². The van der Waals surface area contributed by atoms with Gasteiger partial charge in [0.2, 0.25) is 0 Å². The average molecular weight is 289 g/mol. The Labute approximate surface area is 113 Å². The monoisotopic (exact) mass is 289 g/mol. The maximum Gasteiger partial charge on any atom is 0.418 e. The Hall–Kier alpha value is -1.63. The smallest absolute Gasteiger partial charge is 0.418 e. The molecule has 0 unspecified atom stereocenters. The van der Waals surface area contributed by atoms with Crippen LogP contribution in [-0.4, -0.2) is 17.3 Å². The van der Waals surface area contributed by atoms with Gasteiger partial charge in [-0.2, -0.15) is 13.2 Å². The Bertz CT molecular complexity index is 482. The van der Waals surface area contributed by atoms with Gasteiger partial charge in [0.15, 0.2) is 0 Å². The molecule has 2 rings (SSSR count). The van der Waals surface area contributed by atoms with Crippen molar-refractivity contribution in [3.8, 4) is 5.75 Å². The van der Waals surface area contributed by atoms with Crippen molar-refractivity contribution in [1.82, 2.24) is 0 Å². The third-order valence-corrected chi connectivity index (χ3v) is 3.32. The molecule has 110 valence electrons. The van der Waals surface area contributed by atoms with Crippen LogP contribution in [0.5, 0.6) is 5.75 Å². The zero-order chi connectivity index (χ0) is 14.8. The second kappa shape index (κ2) is 5.78. The van der Waals surface area contributed by atoms with Crippen LogP contribution >= 0.6 is 0 Å². The number of halogens is 3. The zero-order valence-electron chi connectivity index (χ0n) is 10.6. The van der Waals surface area contributed by atoms with Crippen molar-refractivity contribution in [1.29, 1.82) is 0 Å². The van der Waals surface area contributed by atoms with E-state index in [0.717, 1.165) is 12.1 Å². The van der Waals surface area contributed by atoms with E-state index < -0.39 is 17.4 Å². The van der Waals surface area contributed by atoms with Crippen LogP contribution in [-0.2, 0) is 6.18 Å². The molecule has 1 aromatic rings. The molecule has 0 saturated heterocycles. The molecule has 0 bridgehead atoms. The molecule has 7 heteroatoms. The fourth-order valence-corrected chi connectivity index (χ4v) is 2.25. The second-order valence-electron chi connectivity index (χ2n) is 4.82. The Balaban J connectivity index is 2.15. The number of benzene rings is 1. The summed E-state index contributed by atoms with van der Waals surface area (Å²) in [7, 11) is 0. The number of aliphatic hydroxyl groups is 1. The van der Waals surface area contributed by atoms with Gasteiger partial charge in [0.05, 0.1) is 17.8 Å². The summed E-state index contributed by atoms with van der Waals surface area (Å²) in [4.78, 5) is 10.4. The van der Waals surface area contributed by atoms with Crippen molar-refractivity contribution < 1.29 is 23.0 Å². The molecular weight excluding hydrogens is 275 g/mol. The summed E-state index contributed by atoms with van der Waals surface area (Å²) >= 11 is 0. The molecule has 0 aromatic heterocycles. The van der Waals surface area contributed by atoms with Crippen molar-refractivity contribution in [3.05, 3.63) is 28.7 Å². The minimum Gasteiger partial charge on any atom is -0.490 e. The summed E-state index contributed by atoms with van der Waals surface area (Å²) < 4.78 is 43.8. The summed E-state index contributed by atoms with van der Waals surface area (Å²) in [5.41, 5.74) is -1.75. The summed E-state index contributed by atoms with van der Waals surface area (Å²) in [6.45, 7) is 0. The third kappa shape index (κ3) is 3.47. The van der Waals surface area contributed by atoms with Crippen LogP contribution in [0.3, 0.4) is 0 Å². The highest BCUT2D eigenvalue weighted by Gasteiger charge is 2.35. The van der Waals surface area contributed by atoms with Gasteiger partial charge in [-0.05, 0) is 49.1 Å². The Morgan fingerprint density at radius 1 is 1.20 bits per heavy atom. The van der Waals surface area contributed by atoms with Crippen LogP contribution in [0.2, 0.25) is 0 Å². The predicted octanol–water partition coefficient (Wildman–Crippen LogP) is 3.79. The number of hydrogen-bond acceptors (Lipinski definition) is 4. The summed E-state index contributed by atoms with van der Waals surface area (Å²) in [5, 5.41) is 11.7. The Morgan fingerprint density at radius 2 is 1.85 bits per heavy atom. The molecule has 1 fully saturated rings. The van der Waals surface area contributed by atoms with Gasteiger partial charge in [-0.25, -0.2) is 0 Å². The van der Waals surface area contributed by atoms with Crippen LogP contribution in [0.25, 0.3) is 0 Å². The third-order valence-electron chi connectivity index (χ3n) is 3.32. The largest absolute Gasteiger partial charge is 0.490 e. The van der Waals surface area contributed by atoms with E-state index in [1.807, 2.05) is 0 Å². The molecule has 0 spiro atoms. The Kier molecular flexibility index (Phi) is 4.27. The fraction of sp³-hybridized carbons (Fsp3) is 0.538. The maximum absolute atomic E-state index is 12.8. The highest BCUT2D eigenvalue weighted by Crippen LogP contribution is 2.39. The minimum absolute atomic E-state index is 0.0612. The number of hydrogen-bond donors (Lipinski definition) is 1. The topological polar surface area (TPSA) is 58.9 Å². The van der Waals surface area contributed by atoms with Crippen molar-refractivity contribution >= 4 is 5.69 Å². The lowest BCUT2D eigenvalue weighted by Gasteiger charge is -2.26. The molecule has 0 atom stereocenters.